The first-order valence-corrected chi connectivity index (χ1v) is 6.51. The molecule has 0 unspecified atom stereocenters. The van der Waals surface area contributed by atoms with Crippen molar-refractivity contribution in [3.05, 3.63) is 30.1 Å². The van der Waals surface area contributed by atoms with E-state index >= 15 is 0 Å². The summed E-state index contributed by atoms with van der Waals surface area (Å²) in [6.45, 7) is 7.93. The molecule has 0 aliphatic rings. The molecule has 1 N–H and O–H groups in total. The predicted octanol–water partition coefficient (Wildman–Crippen LogP) is 0.804. The van der Waals surface area contributed by atoms with E-state index in [-0.39, 0.29) is 18.4 Å². The van der Waals surface area contributed by atoms with Gasteiger partial charge >= 0.3 is 0 Å². The normalized spacial score (nSPS) is 10.4. The smallest absolute Gasteiger partial charge is 0.246 e. The molecule has 1 aromatic rings. The number of likely N-dealkylation sites (N-methyl/N-ethyl adjacent to an activating group) is 1. The summed E-state index contributed by atoms with van der Waals surface area (Å²) in [6.07, 6.45) is 3.08. The lowest BCUT2D eigenvalue weighted by Crippen LogP contribution is -2.37. The van der Waals surface area contributed by atoms with Gasteiger partial charge in [0.15, 0.2) is 0 Å². The van der Waals surface area contributed by atoms with Crippen molar-refractivity contribution in [1.29, 1.82) is 0 Å². The summed E-state index contributed by atoms with van der Waals surface area (Å²) in [5, 5.41) is 7.18. The van der Waals surface area contributed by atoms with Gasteiger partial charge in [0.05, 0.1) is 12.2 Å². The summed E-state index contributed by atoms with van der Waals surface area (Å²) < 4.78 is 1.74. The molecule has 1 aromatic heterocycles. The summed E-state index contributed by atoms with van der Waals surface area (Å²) in [4.78, 5) is 24.4. The van der Waals surface area contributed by atoms with Crippen molar-refractivity contribution < 1.29 is 9.59 Å². The second-order valence-corrected chi connectivity index (χ2v) is 5.04. The lowest BCUT2D eigenvalue weighted by molar-refractivity contribution is -0.131. The van der Waals surface area contributed by atoms with Gasteiger partial charge in [0.25, 0.3) is 0 Å². The number of aromatic nitrogens is 2. The topological polar surface area (TPSA) is 67.2 Å². The number of aryl methyl sites for hydroxylation is 1. The lowest BCUT2D eigenvalue weighted by Gasteiger charge is -2.14. The monoisotopic (exact) mass is 278 g/mol. The summed E-state index contributed by atoms with van der Waals surface area (Å²) in [5.74, 6) is -0.182. The van der Waals surface area contributed by atoms with Crippen LogP contribution < -0.4 is 5.32 Å². The molecular formula is C14H22N4O2. The van der Waals surface area contributed by atoms with Crippen LogP contribution in [-0.4, -0.2) is 40.1 Å². The summed E-state index contributed by atoms with van der Waals surface area (Å²) in [5.41, 5.74) is 1.97. The lowest BCUT2D eigenvalue weighted by atomic mass is 10.1. The van der Waals surface area contributed by atoms with Crippen molar-refractivity contribution in [1.82, 2.24) is 20.0 Å². The molecule has 0 fully saturated rings. The minimum absolute atomic E-state index is 0.0160. The fourth-order valence-corrected chi connectivity index (χ4v) is 1.88. The number of nitrogens with one attached hydrogen (secondary N) is 1. The zero-order valence-electron chi connectivity index (χ0n) is 12.5. The Morgan fingerprint density at radius 3 is 2.75 bits per heavy atom. The molecule has 0 spiro atoms. The average Bonchev–Trinajstić information content (AvgIpc) is 2.76. The number of carbonyl (C=O) groups excluding carboxylic acids is 2. The minimum Gasteiger partial charge on any atom is -0.350 e. The summed E-state index contributed by atoms with van der Waals surface area (Å²) in [7, 11) is 3.42. The van der Waals surface area contributed by atoms with Crippen LogP contribution in [0, 0.1) is 0 Å². The molecule has 0 aliphatic carbocycles. The summed E-state index contributed by atoms with van der Waals surface area (Å²) in [6, 6.07) is 0. The maximum atomic E-state index is 11.8. The van der Waals surface area contributed by atoms with E-state index in [2.05, 4.69) is 30.8 Å². The van der Waals surface area contributed by atoms with Crippen LogP contribution in [0.3, 0.4) is 0 Å². The Labute approximate surface area is 119 Å². The molecule has 0 bridgehead atoms. The molecule has 110 valence electrons. The highest BCUT2D eigenvalue weighted by Gasteiger charge is 2.14. The number of nitrogens with zero attached hydrogens (tertiary/aromatic N) is 3. The number of hydrogen-bond acceptors (Lipinski definition) is 3. The van der Waals surface area contributed by atoms with E-state index in [9.17, 15) is 9.59 Å². The Bertz CT molecular complexity index is 505. The maximum absolute atomic E-state index is 11.8. The maximum Gasteiger partial charge on any atom is 0.246 e. The van der Waals surface area contributed by atoms with E-state index in [1.165, 1.54) is 11.0 Å². The fraction of sp³-hybridized carbons (Fsp3) is 0.500. The molecule has 0 atom stereocenters. The first kappa shape index (κ1) is 15.9. The molecule has 20 heavy (non-hydrogen) atoms. The molecule has 0 aromatic carbocycles. The van der Waals surface area contributed by atoms with E-state index in [0.717, 1.165) is 11.3 Å². The van der Waals surface area contributed by atoms with Gasteiger partial charge in [-0.3, -0.25) is 14.3 Å². The van der Waals surface area contributed by atoms with E-state index < -0.39 is 0 Å². The number of rotatable bonds is 6. The Morgan fingerprint density at radius 2 is 2.20 bits per heavy atom. The molecule has 0 aliphatic heterocycles. The molecule has 6 nitrogen and oxygen atoms in total. The van der Waals surface area contributed by atoms with E-state index in [1.54, 1.807) is 11.7 Å². The van der Waals surface area contributed by atoms with Crippen molar-refractivity contribution in [2.75, 3.05) is 13.6 Å². The van der Waals surface area contributed by atoms with Crippen LogP contribution in [0.4, 0.5) is 0 Å². The highest BCUT2D eigenvalue weighted by Crippen LogP contribution is 2.16. The van der Waals surface area contributed by atoms with Crippen LogP contribution in [0.1, 0.15) is 31.0 Å². The van der Waals surface area contributed by atoms with Gasteiger partial charge in [-0.15, -0.1) is 0 Å². The van der Waals surface area contributed by atoms with Gasteiger partial charge < -0.3 is 10.2 Å². The van der Waals surface area contributed by atoms with Crippen LogP contribution in [0.2, 0.25) is 0 Å². The second kappa shape index (κ2) is 6.88. The van der Waals surface area contributed by atoms with E-state index in [1.807, 2.05) is 13.2 Å². The van der Waals surface area contributed by atoms with Crippen molar-refractivity contribution >= 4 is 11.8 Å². The third kappa shape index (κ3) is 4.22. The van der Waals surface area contributed by atoms with Gasteiger partial charge in [-0.25, -0.2) is 0 Å². The van der Waals surface area contributed by atoms with Gasteiger partial charge in [0.1, 0.15) is 0 Å². The zero-order chi connectivity index (χ0) is 15.3. The largest absolute Gasteiger partial charge is 0.350 e. The Morgan fingerprint density at radius 1 is 1.55 bits per heavy atom. The third-order valence-corrected chi connectivity index (χ3v) is 2.89. The number of hydrogen-bond donors (Lipinski definition) is 1. The molecular weight excluding hydrogens is 256 g/mol. The van der Waals surface area contributed by atoms with E-state index in [0.29, 0.717) is 12.5 Å². The molecule has 0 saturated carbocycles. The Hall–Kier alpha value is -2.11. The fourth-order valence-electron chi connectivity index (χ4n) is 1.88. The third-order valence-electron chi connectivity index (χ3n) is 2.89. The van der Waals surface area contributed by atoms with Gasteiger partial charge in [0.2, 0.25) is 11.8 Å². The van der Waals surface area contributed by atoms with Gasteiger partial charge in [-0.05, 0) is 12.0 Å². The number of amides is 2. The van der Waals surface area contributed by atoms with Crippen LogP contribution in [0.15, 0.2) is 18.9 Å². The predicted molar refractivity (Wildman–Crippen MR) is 77.0 cm³/mol. The van der Waals surface area contributed by atoms with Crippen LogP contribution in [0.5, 0.6) is 0 Å². The van der Waals surface area contributed by atoms with E-state index in [4.69, 9.17) is 0 Å². The first-order chi connectivity index (χ1) is 9.35. The van der Waals surface area contributed by atoms with Crippen molar-refractivity contribution in [2.45, 2.75) is 26.3 Å². The molecule has 2 amide bonds. The van der Waals surface area contributed by atoms with Crippen molar-refractivity contribution in [3.8, 4) is 0 Å². The van der Waals surface area contributed by atoms with Gasteiger partial charge in [0, 0.05) is 32.4 Å². The van der Waals surface area contributed by atoms with Crippen molar-refractivity contribution in [3.63, 3.8) is 0 Å². The SMILES string of the molecule is C=CC(=O)N(C)CC(=O)NCc1cn(C)nc1C(C)C. The van der Waals surface area contributed by atoms with Gasteiger partial charge in [-0.1, -0.05) is 20.4 Å². The number of carbonyl (C=O) groups is 2. The highest BCUT2D eigenvalue weighted by molar-refractivity contribution is 5.90. The van der Waals surface area contributed by atoms with Crippen LogP contribution >= 0.6 is 0 Å². The average molecular weight is 278 g/mol. The molecule has 1 rings (SSSR count). The Kier molecular flexibility index (Phi) is 5.49. The zero-order valence-corrected chi connectivity index (χ0v) is 12.5. The van der Waals surface area contributed by atoms with Crippen LogP contribution in [-0.2, 0) is 23.2 Å². The highest BCUT2D eigenvalue weighted by atomic mass is 16.2. The molecule has 0 saturated heterocycles. The molecule has 0 radical (unpaired) electrons. The summed E-state index contributed by atoms with van der Waals surface area (Å²) >= 11 is 0. The molecule has 6 heteroatoms. The quantitative estimate of drug-likeness (QED) is 0.783. The molecule has 1 heterocycles. The first-order valence-electron chi connectivity index (χ1n) is 6.51. The Balaban J connectivity index is 2.57. The standard InChI is InChI=1S/C14H22N4O2/c1-6-13(20)17(4)9-12(19)15-7-11-8-18(5)16-14(11)10(2)3/h6,8,10H,1,7,9H2,2-5H3,(H,15,19). The minimum atomic E-state index is -0.274. The van der Waals surface area contributed by atoms with Crippen LogP contribution in [0.25, 0.3) is 0 Å². The second-order valence-electron chi connectivity index (χ2n) is 5.04. The van der Waals surface area contributed by atoms with Gasteiger partial charge in [-0.2, -0.15) is 5.10 Å². The van der Waals surface area contributed by atoms with Crippen molar-refractivity contribution in [2.24, 2.45) is 7.05 Å².